The molecule has 2 aromatic rings. The quantitative estimate of drug-likeness (QED) is 0.849. The summed E-state index contributed by atoms with van der Waals surface area (Å²) in [4.78, 5) is 18.8. The van der Waals surface area contributed by atoms with Gasteiger partial charge in [0.15, 0.2) is 11.6 Å². The van der Waals surface area contributed by atoms with Crippen LogP contribution in [-0.4, -0.2) is 29.5 Å². The van der Waals surface area contributed by atoms with E-state index >= 15 is 0 Å². The number of likely N-dealkylation sites (tertiary alicyclic amines) is 1. The zero-order chi connectivity index (χ0) is 18.1. The summed E-state index contributed by atoms with van der Waals surface area (Å²) in [5, 5.41) is 13.6. The number of fused-ring (bicyclic) bond motifs is 1. The van der Waals surface area contributed by atoms with Crippen LogP contribution in [0.25, 0.3) is 10.2 Å². The first-order valence-electron chi connectivity index (χ1n) is 9.51. The number of nitriles is 1. The molecule has 1 unspecified atom stereocenters. The molecule has 3 atom stereocenters. The van der Waals surface area contributed by atoms with E-state index in [1.54, 1.807) is 11.3 Å². The molecule has 2 heterocycles. The minimum atomic E-state index is -0.711. The highest BCUT2D eigenvalue weighted by Gasteiger charge is 2.44. The second kappa shape index (κ2) is 6.98. The van der Waals surface area contributed by atoms with Gasteiger partial charge in [-0.25, -0.2) is 4.98 Å². The first-order chi connectivity index (χ1) is 12.6. The Morgan fingerprint density at radius 2 is 2.19 bits per heavy atom. The lowest BCUT2D eigenvalue weighted by Gasteiger charge is -2.32. The van der Waals surface area contributed by atoms with Gasteiger partial charge in [-0.2, -0.15) is 5.26 Å². The fraction of sp³-hybridized carbons (Fsp3) is 0.550. The Hall–Kier alpha value is -1.97. The van der Waals surface area contributed by atoms with E-state index in [4.69, 9.17) is 4.98 Å². The van der Waals surface area contributed by atoms with Gasteiger partial charge in [-0.05, 0) is 50.7 Å². The van der Waals surface area contributed by atoms with E-state index in [1.165, 1.54) is 16.0 Å². The third-order valence-electron chi connectivity index (χ3n) is 5.75. The van der Waals surface area contributed by atoms with Gasteiger partial charge in [0.05, 0.1) is 22.8 Å². The van der Waals surface area contributed by atoms with Crippen molar-refractivity contribution in [2.75, 3.05) is 13.1 Å². The molecule has 136 valence electrons. The summed E-state index contributed by atoms with van der Waals surface area (Å²) in [6.07, 6.45) is 5.47. The standard InChI is InChI=1S/C20H24N4OS/c1-20(13-21,14-9-10-14)23-18(25)12-24-11-5-4-7-16(24)19-22-15-6-2-3-8-17(15)26-19/h2-3,6,8,14,16H,4-5,7,9-12H2,1H3,(H,23,25)/p+1/t16-,20+/m1/s1. The number of thiazole rings is 1. The summed E-state index contributed by atoms with van der Waals surface area (Å²) in [6.45, 7) is 3.27. The van der Waals surface area contributed by atoms with Crippen molar-refractivity contribution < 1.29 is 9.69 Å². The minimum Gasteiger partial charge on any atom is -0.333 e. The van der Waals surface area contributed by atoms with Crippen LogP contribution in [0, 0.1) is 17.2 Å². The number of rotatable bonds is 5. The van der Waals surface area contributed by atoms with Crippen molar-refractivity contribution in [1.29, 1.82) is 5.26 Å². The number of nitrogens with zero attached hydrogens (tertiary/aromatic N) is 2. The molecule has 1 aliphatic heterocycles. The number of amides is 1. The van der Waals surface area contributed by atoms with Crippen LogP contribution in [0.3, 0.4) is 0 Å². The van der Waals surface area contributed by atoms with E-state index in [1.807, 2.05) is 19.1 Å². The van der Waals surface area contributed by atoms with E-state index < -0.39 is 5.54 Å². The Morgan fingerprint density at radius 1 is 1.38 bits per heavy atom. The van der Waals surface area contributed by atoms with E-state index in [-0.39, 0.29) is 11.9 Å². The lowest BCUT2D eigenvalue weighted by atomic mass is 9.97. The summed E-state index contributed by atoms with van der Waals surface area (Å²) in [5.74, 6) is 0.303. The van der Waals surface area contributed by atoms with Gasteiger partial charge in [-0.3, -0.25) is 4.79 Å². The molecule has 2 fully saturated rings. The third-order valence-corrected chi connectivity index (χ3v) is 6.90. The van der Waals surface area contributed by atoms with Crippen molar-refractivity contribution in [2.45, 2.75) is 50.6 Å². The van der Waals surface area contributed by atoms with Crippen LogP contribution in [0.1, 0.15) is 50.1 Å². The Kier molecular flexibility index (Phi) is 4.68. The Balaban J connectivity index is 1.48. The minimum absolute atomic E-state index is 0.0102. The molecule has 4 rings (SSSR count). The number of hydrogen-bond acceptors (Lipinski definition) is 4. The molecule has 1 aromatic carbocycles. The molecule has 0 spiro atoms. The van der Waals surface area contributed by atoms with Crippen molar-refractivity contribution in [2.24, 2.45) is 5.92 Å². The van der Waals surface area contributed by atoms with Gasteiger partial charge in [-0.1, -0.05) is 12.1 Å². The molecule has 1 saturated carbocycles. The van der Waals surface area contributed by atoms with Crippen LogP contribution >= 0.6 is 11.3 Å². The topological polar surface area (TPSA) is 70.2 Å². The summed E-state index contributed by atoms with van der Waals surface area (Å²) >= 11 is 1.75. The zero-order valence-corrected chi connectivity index (χ0v) is 15.9. The Labute approximate surface area is 158 Å². The average Bonchev–Trinajstić information content (AvgIpc) is 3.42. The molecule has 1 saturated heterocycles. The van der Waals surface area contributed by atoms with Crippen molar-refractivity contribution in [3.8, 4) is 6.07 Å². The van der Waals surface area contributed by atoms with Gasteiger partial charge in [-0.15, -0.1) is 11.3 Å². The molecule has 1 amide bonds. The van der Waals surface area contributed by atoms with Gasteiger partial charge in [0, 0.05) is 6.42 Å². The van der Waals surface area contributed by atoms with Gasteiger partial charge >= 0.3 is 0 Å². The van der Waals surface area contributed by atoms with Crippen LogP contribution in [0.2, 0.25) is 0 Å². The number of carbonyl (C=O) groups excluding carboxylic acids is 1. The molecule has 6 heteroatoms. The fourth-order valence-electron chi connectivity index (χ4n) is 4.05. The van der Waals surface area contributed by atoms with Crippen molar-refractivity contribution in [3.63, 3.8) is 0 Å². The van der Waals surface area contributed by atoms with Crippen LogP contribution in [-0.2, 0) is 4.79 Å². The van der Waals surface area contributed by atoms with Gasteiger partial charge in [0.2, 0.25) is 0 Å². The average molecular weight is 370 g/mol. The van der Waals surface area contributed by atoms with Crippen LogP contribution in [0.5, 0.6) is 0 Å². The predicted molar refractivity (Wildman–Crippen MR) is 102 cm³/mol. The lowest BCUT2D eigenvalue weighted by Crippen LogP contribution is -3.14. The van der Waals surface area contributed by atoms with Gasteiger partial charge < -0.3 is 10.2 Å². The van der Waals surface area contributed by atoms with Crippen molar-refractivity contribution in [3.05, 3.63) is 29.3 Å². The van der Waals surface area contributed by atoms with Crippen molar-refractivity contribution >= 4 is 27.5 Å². The molecule has 1 aromatic heterocycles. The lowest BCUT2D eigenvalue weighted by molar-refractivity contribution is -0.929. The summed E-state index contributed by atoms with van der Waals surface area (Å²) in [6, 6.07) is 10.8. The predicted octanol–water partition coefficient (Wildman–Crippen LogP) is 2.21. The van der Waals surface area contributed by atoms with E-state index in [9.17, 15) is 10.1 Å². The van der Waals surface area contributed by atoms with Gasteiger partial charge in [0.1, 0.15) is 11.6 Å². The SMILES string of the molecule is C[C@@](C#N)(NC(=O)C[NH+]1CCCC[C@@H]1c1nc2ccccc2s1)C1CC1. The number of piperidine rings is 1. The van der Waals surface area contributed by atoms with E-state index in [0.29, 0.717) is 12.5 Å². The maximum Gasteiger partial charge on any atom is 0.276 e. The highest BCUT2D eigenvalue weighted by Crippen LogP contribution is 2.39. The number of hydrogen-bond donors (Lipinski definition) is 2. The normalized spacial score (nSPS) is 25.4. The highest BCUT2D eigenvalue weighted by molar-refractivity contribution is 7.18. The number of carbonyl (C=O) groups is 1. The number of benzene rings is 1. The molecule has 1 aliphatic carbocycles. The van der Waals surface area contributed by atoms with Gasteiger partial charge in [0.25, 0.3) is 5.91 Å². The highest BCUT2D eigenvalue weighted by atomic mass is 32.1. The van der Waals surface area contributed by atoms with E-state index in [2.05, 4.69) is 23.5 Å². The molecule has 2 N–H and O–H groups in total. The largest absolute Gasteiger partial charge is 0.333 e. The maximum atomic E-state index is 12.7. The van der Waals surface area contributed by atoms with Crippen LogP contribution in [0.4, 0.5) is 0 Å². The summed E-state index contributed by atoms with van der Waals surface area (Å²) < 4.78 is 1.21. The van der Waals surface area contributed by atoms with Crippen LogP contribution in [0.15, 0.2) is 24.3 Å². The first kappa shape index (κ1) is 17.4. The van der Waals surface area contributed by atoms with Crippen molar-refractivity contribution in [1.82, 2.24) is 10.3 Å². The second-order valence-electron chi connectivity index (χ2n) is 7.79. The number of aromatic nitrogens is 1. The molecule has 0 bridgehead atoms. The molecule has 26 heavy (non-hydrogen) atoms. The Morgan fingerprint density at radius 3 is 2.92 bits per heavy atom. The van der Waals surface area contributed by atoms with E-state index in [0.717, 1.165) is 42.8 Å². The summed E-state index contributed by atoms with van der Waals surface area (Å²) in [5.41, 5.74) is 0.338. The molecular weight excluding hydrogens is 344 g/mol. The molecule has 0 radical (unpaired) electrons. The fourth-order valence-corrected chi connectivity index (χ4v) is 5.21. The molecule has 2 aliphatic rings. The molecular formula is C20H25N4OS+. The smallest absolute Gasteiger partial charge is 0.276 e. The monoisotopic (exact) mass is 369 g/mol. The summed E-state index contributed by atoms with van der Waals surface area (Å²) in [7, 11) is 0. The number of quaternary nitrogens is 1. The molecule has 5 nitrogen and oxygen atoms in total. The Bertz CT molecular complexity index is 820. The third kappa shape index (κ3) is 3.46. The maximum absolute atomic E-state index is 12.7. The van der Waals surface area contributed by atoms with Crippen LogP contribution < -0.4 is 10.2 Å². The first-order valence-corrected chi connectivity index (χ1v) is 10.3. The number of para-hydroxylation sites is 1. The zero-order valence-electron chi connectivity index (χ0n) is 15.1. The number of nitrogens with one attached hydrogen (secondary N) is 2. The second-order valence-corrected chi connectivity index (χ2v) is 8.85.